The summed E-state index contributed by atoms with van der Waals surface area (Å²) in [5, 5.41) is 6.00. The van der Waals surface area contributed by atoms with E-state index in [9.17, 15) is 9.59 Å². The van der Waals surface area contributed by atoms with Crippen LogP contribution >= 0.6 is 11.3 Å². The first-order valence-corrected chi connectivity index (χ1v) is 13.5. The second-order valence-electron chi connectivity index (χ2n) is 9.49. The summed E-state index contributed by atoms with van der Waals surface area (Å²) < 4.78 is 0. The van der Waals surface area contributed by atoms with Crippen LogP contribution < -0.4 is 5.32 Å². The number of carbonyl (C=O) groups excluding carboxylic acids is 2. The summed E-state index contributed by atoms with van der Waals surface area (Å²) >= 11 is 1.63. The molecule has 0 bridgehead atoms. The lowest BCUT2D eigenvalue weighted by Crippen LogP contribution is -2.23. The van der Waals surface area contributed by atoms with E-state index in [-0.39, 0.29) is 24.5 Å². The number of aromatic nitrogens is 1. The molecule has 1 aromatic heterocycles. The van der Waals surface area contributed by atoms with Gasteiger partial charge >= 0.3 is 0 Å². The molecule has 0 unspecified atom stereocenters. The largest absolute Gasteiger partial charge is 0.352 e. The van der Waals surface area contributed by atoms with Crippen molar-refractivity contribution in [2.24, 2.45) is 0 Å². The van der Waals surface area contributed by atoms with Crippen LogP contribution in [0.15, 0.2) is 72.1 Å². The van der Waals surface area contributed by atoms with E-state index in [0.717, 1.165) is 45.8 Å². The number of rotatable bonds is 8. The van der Waals surface area contributed by atoms with E-state index in [1.807, 2.05) is 36.4 Å². The van der Waals surface area contributed by atoms with Crippen LogP contribution in [-0.2, 0) is 24.2 Å². The Labute approximate surface area is 216 Å². The Kier molecular flexibility index (Phi) is 7.38. The van der Waals surface area contributed by atoms with Gasteiger partial charge in [0.1, 0.15) is 5.01 Å². The van der Waals surface area contributed by atoms with E-state index in [1.165, 1.54) is 29.5 Å². The summed E-state index contributed by atoms with van der Waals surface area (Å²) in [6.45, 7) is 2.52. The number of aryl methyl sites for hydroxylation is 3. The van der Waals surface area contributed by atoms with Gasteiger partial charge in [0, 0.05) is 41.5 Å². The summed E-state index contributed by atoms with van der Waals surface area (Å²) in [4.78, 5) is 29.8. The van der Waals surface area contributed by atoms with Gasteiger partial charge in [0.2, 0.25) is 5.91 Å². The van der Waals surface area contributed by atoms with Gasteiger partial charge in [0.15, 0.2) is 5.78 Å². The van der Waals surface area contributed by atoms with Crippen LogP contribution in [0.4, 0.5) is 0 Å². The van der Waals surface area contributed by atoms with Gasteiger partial charge in [-0.3, -0.25) is 9.59 Å². The molecule has 1 N–H and O–H groups in total. The van der Waals surface area contributed by atoms with Crippen molar-refractivity contribution in [1.29, 1.82) is 0 Å². The number of ketones is 1. The van der Waals surface area contributed by atoms with Crippen LogP contribution in [0.1, 0.15) is 58.3 Å². The van der Waals surface area contributed by atoms with Crippen molar-refractivity contribution in [3.8, 4) is 21.8 Å². The lowest BCUT2D eigenvalue weighted by Gasteiger charge is -2.16. The number of hydrogen-bond donors (Lipinski definition) is 1. The fourth-order valence-corrected chi connectivity index (χ4v) is 5.43. The van der Waals surface area contributed by atoms with Gasteiger partial charge < -0.3 is 5.32 Å². The van der Waals surface area contributed by atoms with Gasteiger partial charge in [-0.15, -0.1) is 11.3 Å². The summed E-state index contributed by atoms with van der Waals surface area (Å²) in [5.41, 5.74) is 8.80. The number of benzene rings is 3. The lowest BCUT2D eigenvalue weighted by molar-refractivity contribution is -0.121. The Morgan fingerprint density at radius 2 is 1.58 bits per heavy atom. The van der Waals surface area contributed by atoms with Crippen LogP contribution in [-0.4, -0.2) is 16.7 Å². The highest BCUT2D eigenvalue weighted by atomic mass is 32.1. The molecule has 0 spiro atoms. The molecule has 3 aromatic carbocycles. The predicted octanol–water partition coefficient (Wildman–Crippen LogP) is 6.94. The number of carbonyl (C=O) groups is 2. The Bertz CT molecular complexity index is 1370. The molecule has 1 heterocycles. The van der Waals surface area contributed by atoms with Gasteiger partial charge in [-0.05, 0) is 55.4 Å². The SMILES string of the molecule is Cc1ccc(-c2csc(-c3ccc(CNC(=O)CCC(=O)c4ccc5c(c4)CCCC5)cc3)n2)cc1. The molecular formula is C31H30N2O2S. The monoisotopic (exact) mass is 494 g/mol. The topological polar surface area (TPSA) is 59.1 Å². The molecule has 0 aliphatic heterocycles. The Hall–Kier alpha value is -3.57. The zero-order valence-corrected chi connectivity index (χ0v) is 21.4. The van der Waals surface area contributed by atoms with Crippen LogP contribution in [0.3, 0.4) is 0 Å². The van der Waals surface area contributed by atoms with Crippen LogP contribution in [0.5, 0.6) is 0 Å². The Morgan fingerprint density at radius 1 is 0.861 bits per heavy atom. The number of fused-ring (bicyclic) bond motifs is 1. The number of thiazole rings is 1. The summed E-state index contributed by atoms with van der Waals surface area (Å²) in [6, 6.07) is 22.5. The maximum absolute atomic E-state index is 12.6. The highest BCUT2D eigenvalue weighted by Gasteiger charge is 2.14. The molecule has 1 aliphatic rings. The fourth-order valence-electron chi connectivity index (χ4n) is 4.60. The van der Waals surface area contributed by atoms with E-state index in [0.29, 0.717) is 6.54 Å². The molecule has 182 valence electrons. The molecule has 1 amide bonds. The van der Waals surface area contributed by atoms with Crippen molar-refractivity contribution in [1.82, 2.24) is 10.3 Å². The zero-order chi connectivity index (χ0) is 24.9. The standard InChI is InChI=1S/C31H30N2O2S/c1-21-6-10-24(11-7-21)28-20-36-31(33-28)25-12-8-22(9-13-25)19-32-30(35)17-16-29(34)27-15-14-23-4-2-3-5-26(23)18-27/h6-15,18,20H,2-5,16-17,19H2,1H3,(H,32,35). The third-order valence-corrected chi connectivity index (χ3v) is 7.68. The predicted molar refractivity (Wildman–Crippen MR) is 146 cm³/mol. The van der Waals surface area contributed by atoms with Crippen LogP contribution in [0.25, 0.3) is 21.8 Å². The van der Waals surface area contributed by atoms with Crippen molar-refractivity contribution in [3.63, 3.8) is 0 Å². The Balaban J connectivity index is 1.11. The number of Topliss-reactive ketones (excluding diaryl/α,β-unsaturated/α-hetero) is 1. The summed E-state index contributed by atoms with van der Waals surface area (Å²) in [5.74, 6) is -0.0654. The third-order valence-electron chi connectivity index (χ3n) is 6.79. The van der Waals surface area contributed by atoms with Crippen molar-refractivity contribution in [2.75, 3.05) is 0 Å². The van der Waals surface area contributed by atoms with Gasteiger partial charge in [0.05, 0.1) is 5.69 Å². The van der Waals surface area contributed by atoms with E-state index in [1.54, 1.807) is 11.3 Å². The maximum atomic E-state index is 12.6. The minimum atomic E-state index is -0.104. The van der Waals surface area contributed by atoms with Crippen molar-refractivity contribution >= 4 is 23.0 Å². The minimum absolute atomic E-state index is 0.0383. The molecule has 5 rings (SSSR count). The first kappa shape index (κ1) is 24.1. The summed E-state index contributed by atoms with van der Waals surface area (Å²) in [6.07, 6.45) is 5.00. The smallest absolute Gasteiger partial charge is 0.220 e. The van der Waals surface area contributed by atoms with Crippen molar-refractivity contribution in [3.05, 3.63) is 99.9 Å². The number of nitrogens with one attached hydrogen (secondary N) is 1. The third kappa shape index (κ3) is 5.80. The van der Waals surface area contributed by atoms with Crippen LogP contribution in [0, 0.1) is 6.92 Å². The van der Waals surface area contributed by atoms with Gasteiger partial charge in [-0.2, -0.15) is 0 Å². The molecule has 0 radical (unpaired) electrons. The van der Waals surface area contributed by atoms with E-state index < -0.39 is 0 Å². The molecule has 5 heteroatoms. The van der Waals surface area contributed by atoms with Crippen molar-refractivity contribution < 1.29 is 9.59 Å². The molecular weight excluding hydrogens is 464 g/mol. The number of nitrogens with zero attached hydrogens (tertiary/aromatic N) is 1. The normalized spacial score (nSPS) is 12.7. The van der Waals surface area contributed by atoms with Gasteiger partial charge in [0.25, 0.3) is 0 Å². The fraction of sp³-hybridized carbons (Fsp3) is 0.258. The highest BCUT2D eigenvalue weighted by molar-refractivity contribution is 7.13. The maximum Gasteiger partial charge on any atom is 0.220 e. The van der Waals surface area contributed by atoms with E-state index >= 15 is 0 Å². The Morgan fingerprint density at radius 3 is 2.36 bits per heavy atom. The second kappa shape index (κ2) is 11.0. The zero-order valence-electron chi connectivity index (χ0n) is 20.5. The highest BCUT2D eigenvalue weighted by Crippen LogP contribution is 2.29. The second-order valence-corrected chi connectivity index (χ2v) is 10.3. The minimum Gasteiger partial charge on any atom is -0.352 e. The average molecular weight is 495 g/mol. The molecule has 4 aromatic rings. The summed E-state index contributed by atoms with van der Waals surface area (Å²) in [7, 11) is 0. The van der Waals surface area contributed by atoms with E-state index in [4.69, 9.17) is 4.98 Å². The quantitative estimate of drug-likeness (QED) is 0.270. The van der Waals surface area contributed by atoms with Crippen LogP contribution in [0.2, 0.25) is 0 Å². The molecule has 0 saturated carbocycles. The number of hydrogen-bond acceptors (Lipinski definition) is 4. The van der Waals surface area contributed by atoms with Gasteiger partial charge in [-0.25, -0.2) is 4.98 Å². The first-order valence-electron chi connectivity index (χ1n) is 12.6. The molecule has 4 nitrogen and oxygen atoms in total. The van der Waals surface area contributed by atoms with Gasteiger partial charge in [-0.1, -0.05) is 66.2 Å². The first-order chi connectivity index (χ1) is 17.5. The number of amides is 1. The molecule has 1 aliphatic carbocycles. The lowest BCUT2D eigenvalue weighted by atomic mass is 9.89. The van der Waals surface area contributed by atoms with E-state index in [2.05, 4.69) is 48.0 Å². The molecule has 0 atom stereocenters. The van der Waals surface area contributed by atoms with Crippen molar-refractivity contribution in [2.45, 2.75) is 52.0 Å². The molecule has 36 heavy (non-hydrogen) atoms. The molecule has 0 fully saturated rings. The average Bonchev–Trinajstić information content (AvgIpc) is 3.41. The molecule has 0 saturated heterocycles.